The van der Waals surface area contributed by atoms with E-state index in [1.807, 2.05) is 30.3 Å². The molecule has 0 aliphatic heterocycles. The summed E-state index contributed by atoms with van der Waals surface area (Å²) < 4.78 is 7.64. The number of fused-ring (bicyclic) bond motifs is 3. The molecule has 24 heavy (non-hydrogen) atoms. The van der Waals surface area contributed by atoms with Gasteiger partial charge in [0.2, 0.25) is 0 Å². The fraction of sp³-hybridized carbons (Fsp3) is 0.0500. The van der Waals surface area contributed by atoms with Gasteiger partial charge in [-0.15, -0.1) is 0 Å². The van der Waals surface area contributed by atoms with E-state index in [0.717, 1.165) is 27.5 Å². The first-order valence-electron chi connectivity index (χ1n) is 7.51. The molecule has 0 atom stereocenters. The zero-order valence-electron chi connectivity index (χ0n) is 13.0. The van der Waals surface area contributed by atoms with Crippen molar-refractivity contribution in [2.45, 2.75) is 0 Å². The lowest BCUT2D eigenvalue weighted by Gasteiger charge is -2.14. The molecule has 0 saturated heterocycles. The Bertz CT molecular complexity index is 1070. The minimum absolute atomic E-state index is 0.418. The van der Waals surface area contributed by atoms with Gasteiger partial charge in [0.25, 0.3) is 0 Å². The standard InChI is InChI=1S/C20H13ClN2O/c1-24-20-13(12-22)10-14(21)11-19(20)23-17-8-4-2-6-15(17)16-7-3-5-9-18(16)23/h2-11H,1H3. The number of methoxy groups -OCH3 is 1. The van der Waals surface area contributed by atoms with Gasteiger partial charge >= 0.3 is 0 Å². The van der Waals surface area contributed by atoms with Crippen molar-refractivity contribution in [3.05, 3.63) is 71.2 Å². The number of ether oxygens (including phenoxy) is 1. The first-order valence-corrected chi connectivity index (χ1v) is 7.88. The Balaban J connectivity index is 2.22. The van der Waals surface area contributed by atoms with Crippen LogP contribution in [0, 0.1) is 11.3 Å². The van der Waals surface area contributed by atoms with E-state index in [1.165, 1.54) is 0 Å². The van der Waals surface area contributed by atoms with Gasteiger partial charge in [-0.05, 0) is 24.3 Å². The van der Waals surface area contributed by atoms with Crippen molar-refractivity contribution in [1.29, 1.82) is 5.26 Å². The van der Waals surface area contributed by atoms with E-state index in [2.05, 4.69) is 34.9 Å². The highest BCUT2D eigenvalue weighted by Gasteiger charge is 2.18. The summed E-state index contributed by atoms with van der Waals surface area (Å²) in [5, 5.41) is 12.2. The highest BCUT2D eigenvalue weighted by atomic mass is 35.5. The molecule has 0 unspecified atom stereocenters. The summed E-state index contributed by atoms with van der Waals surface area (Å²) in [7, 11) is 1.57. The van der Waals surface area contributed by atoms with Crippen LogP contribution in [0.25, 0.3) is 27.5 Å². The lowest BCUT2D eigenvalue weighted by atomic mass is 10.1. The summed E-state index contributed by atoms with van der Waals surface area (Å²) in [6, 6.07) is 22.0. The van der Waals surface area contributed by atoms with Gasteiger partial charge in [-0.1, -0.05) is 48.0 Å². The van der Waals surface area contributed by atoms with Crippen molar-refractivity contribution in [3.63, 3.8) is 0 Å². The van der Waals surface area contributed by atoms with E-state index in [0.29, 0.717) is 16.3 Å². The summed E-state index contributed by atoms with van der Waals surface area (Å²) in [6.45, 7) is 0. The molecule has 0 radical (unpaired) electrons. The minimum atomic E-state index is 0.418. The van der Waals surface area contributed by atoms with Crippen LogP contribution in [-0.4, -0.2) is 11.7 Å². The Morgan fingerprint density at radius 1 is 0.958 bits per heavy atom. The largest absolute Gasteiger partial charge is 0.493 e. The molecule has 0 fully saturated rings. The lowest BCUT2D eigenvalue weighted by molar-refractivity contribution is 0.412. The predicted molar refractivity (Wildman–Crippen MR) is 97.1 cm³/mol. The molecule has 0 aliphatic rings. The maximum absolute atomic E-state index is 9.42. The van der Waals surface area contributed by atoms with E-state index in [1.54, 1.807) is 13.2 Å². The van der Waals surface area contributed by atoms with Gasteiger partial charge in [-0.2, -0.15) is 5.26 Å². The Labute approximate surface area is 144 Å². The number of nitrogens with zero attached hydrogens (tertiary/aromatic N) is 2. The van der Waals surface area contributed by atoms with E-state index in [4.69, 9.17) is 16.3 Å². The molecule has 1 heterocycles. The second kappa shape index (κ2) is 5.59. The van der Waals surface area contributed by atoms with Gasteiger partial charge in [0.1, 0.15) is 6.07 Å². The monoisotopic (exact) mass is 332 g/mol. The molecule has 116 valence electrons. The second-order valence-corrected chi connectivity index (χ2v) is 5.92. The molecule has 0 saturated carbocycles. The van der Waals surface area contributed by atoms with E-state index < -0.39 is 0 Å². The van der Waals surface area contributed by atoms with Gasteiger partial charge < -0.3 is 9.30 Å². The molecular formula is C20H13ClN2O. The van der Waals surface area contributed by atoms with Crippen molar-refractivity contribution in [2.75, 3.05) is 7.11 Å². The summed E-state index contributed by atoms with van der Waals surface area (Å²) in [6.07, 6.45) is 0. The first-order chi connectivity index (χ1) is 11.7. The quantitative estimate of drug-likeness (QED) is 0.498. The highest BCUT2D eigenvalue weighted by Crippen LogP contribution is 2.37. The number of halogens is 1. The molecular weight excluding hydrogens is 320 g/mol. The molecule has 4 heteroatoms. The van der Waals surface area contributed by atoms with Crippen LogP contribution in [0.1, 0.15) is 5.56 Å². The first kappa shape index (κ1) is 14.6. The molecule has 3 aromatic carbocycles. The zero-order chi connectivity index (χ0) is 16.7. The molecule has 0 aliphatic carbocycles. The third kappa shape index (κ3) is 2.05. The minimum Gasteiger partial charge on any atom is -0.493 e. The average Bonchev–Trinajstić information content (AvgIpc) is 2.95. The van der Waals surface area contributed by atoms with Crippen LogP contribution in [0.5, 0.6) is 5.75 Å². The Morgan fingerprint density at radius 3 is 2.08 bits per heavy atom. The predicted octanol–water partition coefficient (Wildman–Crippen LogP) is 5.32. The van der Waals surface area contributed by atoms with Crippen LogP contribution in [0.3, 0.4) is 0 Å². The fourth-order valence-corrected chi connectivity index (χ4v) is 3.44. The SMILES string of the molecule is COc1c(C#N)cc(Cl)cc1-n1c2ccccc2c2ccccc21. The molecule has 3 nitrogen and oxygen atoms in total. The molecule has 0 bridgehead atoms. The third-order valence-corrected chi connectivity index (χ3v) is 4.40. The van der Waals surface area contributed by atoms with Crippen LogP contribution in [0.2, 0.25) is 5.02 Å². The summed E-state index contributed by atoms with van der Waals surface area (Å²) in [4.78, 5) is 0. The molecule has 4 aromatic rings. The van der Waals surface area contributed by atoms with Crippen LogP contribution < -0.4 is 4.74 Å². The van der Waals surface area contributed by atoms with Gasteiger partial charge in [-0.25, -0.2) is 0 Å². The zero-order valence-corrected chi connectivity index (χ0v) is 13.7. The summed E-state index contributed by atoms with van der Waals surface area (Å²) in [5.74, 6) is 0.522. The second-order valence-electron chi connectivity index (χ2n) is 5.49. The number of aromatic nitrogens is 1. The molecule has 1 aromatic heterocycles. The molecule has 0 N–H and O–H groups in total. The van der Waals surface area contributed by atoms with Crippen molar-refractivity contribution in [2.24, 2.45) is 0 Å². The normalized spacial score (nSPS) is 10.9. The van der Waals surface area contributed by atoms with Crippen molar-refractivity contribution in [1.82, 2.24) is 4.57 Å². The third-order valence-electron chi connectivity index (χ3n) is 4.18. The number of benzene rings is 3. The van der Waals surface area contributed by atoms with E-state index in [9.17, 15) is 5.26 Å². The summed E-state index contributed by atoms with van der Waals surface area (Å²) >= 11 is 6.26. The van der Waals surface area contributed by atoms with Crippen molar-refractivity contribution in [3.8, 4) is 17.5 Å². The van der Waals surface area contributed by atoms with Crippen LogP contribution in [0.4, 0.5) is 0 Å². The maximum atomic E-state index is 9.42. The molecule has 0 spiro atoms. The molecule has 4 rings (SSSR count). The van der Waals surface area contributed by atoms with Crippen LogP contribution >= 0.6 is 11.6 Å². The van der Waals surface area contributed by atoms with Gasteiger partial charge in [0, 0.05) is 15.8 Å². The lowest BCUT2D eigenvalue weighted by Crippen LogP contribution is -2.00. The fourth-order valence-electron chi connectivity index (χ4n) is 3.22. The Hall–Kier alpha value is -2.96. The van der Waals surface area contributed by atoms with Gasteiger partial charge in [0.15, 0.2) is 5.75 Å². The number of hydrogen-bond donors (Lipinski definition) is 0. The van der Waals surface area contributed by atoms with E-state index >= 15 is 0 Å². The number of para-hydroxylation sites is 2. The number of rotatable bonds is 2. The summed E-state index contributed by atoms with van der Waals surface area (Å²) in [5.41, 5.74) is 3.27. The van der Waals surface area contributed by atoms with Gasteiger partial charge in [0.05, 0.1) is 29.4 Å². The topological polar surface area (TPSA) is 37.9 Å². The molecule has 0 amide bonds. The van der Waals surface area contributed by atoms with Crippen LogP contribution in [-0.2, 0) is 0 Å². The van der Waals surface area contributed by atoms with E-state index in [-0.39, 0.29) is 0 Å². The number of hydrogen-bond acceptors (Lipinski definition) is 2. The van der Waals surface area contributed by atoms with Gasteiger partial charge in [-0.3, -0.25) is 0 Å². The van der Waals surface area contributed by atoms with Crippen LogP contribution in [0.15, 0.2) is 60.7 Å². The Morgan fingerprint density at radius 2 is 1.54 bits per heavy atom. The Kier molecular flexibility index (Phi) is 3.41. The van der Waals surface area contributed by atoms with Crippen molar-refractivity contribution >= 4 is 33.4 Å². The highest BCUT2D eigenvalue weighted by molar-refractivity contribution is 6.31. The van der Waals surface area contributed by atoms with Crippen molar-refractivity contribution < 1.29 is 4.74 Å². The maximum Gasteiger partial charge on any atom is 0.160 e. The smallest absolute Gasteiger partial charge is 0.160 e. The number of nitriles is 1. The average molecular weight is 333 g/mol.